The number of nitrogens with one attached hydrogen (secondary N) is 1. The maximum absolute atomic E-state index is 14.5. The van der Waals surface area contributed by atoms with Gasteiger partial charge >= 0.3 is 0 Å². The highest BCUT2D eigenvalue weighted by Gasteiger charge is 2.36. The van der Waals surface area contributed by atoms with Crippen molar-refractivity contribution in [3.63, 3.8) is 0 Å². The molecule has 13 heteroatoms. The van der Waals surface area contributed by atoms with E-state index >= 15 is 0 Å². The highest BCUT2D eigenvalue weighted by atomic mass is 16.5. The number of nitriles is 1. The van der Waals surface area contributed by atoms with E-state index in [0.29, 0.717) is 40.2 Å². The van der Waals surface area contributed by atoms with Gasteiger partial charge in [0.05, 0.1) is 12.1 Å². The number of hydrogen-bond donors (Lipinski definition) is 4. The van der Waals surface area contributed by atoms with Crippen LogP contribution in [0.4, 0.5) is 0 Å². The van der Waals surface area contributed by atoms with Crippen LogP contribution in [0.2, 0.25) is 0 Å². The summed E-state index contributed by atoms with van der Waals surface area (Å²) in [6.07, 6.45) is 5.42. The van der Waals surface area contributed by atoms with Crippen LogP contribution in [0.15, 0.2) is 36.4 Å². The Bertz CT molecular complexity index is 1660. The molecule has 7 N–H and O–H groups in total. The fourth-order valence-corrected chi connectivity index (χ4v) is 6.94. The topological polar surface area (TPSA) is 221 Å². The fourth-order valence-electron chi connectivity index (χ4n) is 6.94. The van der Waals surface area contributed by atoms with Crippen LogP contribution < -0.4 is 32.0 Å². The second-order valence-corrected chi connectivity index (χ2v) is 14.4. The lowest BCUT2D eigenvalue weighted by Crippen LogP contribution is -2.46. The molecule has 0 spiro atoms. The molecule has 300 valence electrons. The molecule has 1 heterocycles. The average Bonchev–Trinajstić information content (AvgIpc) is 3.17. The lowest BCUT2D eigenvalue weighted by Gasteiger charge is -2.32. The first-order valence-electron chi connectivity index (χ1n) is 19.6. The number of unbranched alkanes of at least 4 members (excludes halogenated alkanes) is 4. The van der Waals surface area contributed by atoms with E-state index < -0.39 is 41.5 Å². The molecule has 4 bridgehead atoms. The number of benzene rings is 2. The number of carbonyl (C=O) groups excluding carboxylic acids is 5. The van der Waals surface area contributed by atoms with Gasteiger partial charge in [-0.15, -0.1) is 0 Å². The van der Waals surface area contributed by atoms with Gasteiger partial charge in [-0.3, -0.25) is 24.0 Å². The fraction of sp³-hybridized carbons (Fsp3) is 0.571. The van der Waals surface area contributed by atoms with Crippen molar-refractivity contribution in [1.82, 2.24) is 10.2 Å². The summed E-state index contributed by atoms with van der Waals surface area (Å²) in [5.74, 6) is -2.34. The summed E-state index contributed by atoms with van der Waals surface area (Å²) in [5.41, 5.74) is 19.9. The first-order valence-corrected chi connectivity index (χ1v) is 19.6. The first kappa shape index (κ1) is 44.8. The van der Waals surface area contributed by atoms with Crippen molar-refractivity contribution in [3.05, 3.63) is 47.5 Å². The van der Waals surface area contributed by atoms with Gasteiger partial charge in [0, 0.05) is 75.2 Å². The number of carbonyl (C=O) groups is 5. The number of fused-ring (bicyclic) bond motifs is 5. The summed E-state index contributed by atoms with van der Waals surface area (Å²) in [7, 11) is 1.54. The number of nitrogens with zero attached hydrogens (tertiary/aromatic N) is 2. The van der Waals surface area contributed by atoms with Gasteiger partial charge in [-0.2, -0.15) is 5.26 Å². The monoisotopic (exact) mass is 760 g/mol. The second-order valence-electron chi connectivity index (χ2n) is 14.4. The molecule has 0 aliphatic carbocycles. The molecule has 2 aromatic carbocycles. The standard InChI is InChI=1S/C42H60N6O7/c1-4-5-6-7-8-10-32(49)26-31(16-18-44)42(53)48(3)40-30-13-15-39(55-22-20-46)34(27-30)33-24-29(12-14-38(33)54-21-19-45)25-35(36(50)11-9-17-43)47-41(52)28(2)23-37(40)51/h12-15,24,27-28,31,35,40H,4-11,16,18-23,25-26,44-46H2,1-3H3,(H,47,52)/t28-,31-,35+,40+/m1/s1. The summed E-state index contributed by atoms with van der Waals surface area (Å²) in [5, 5.41) is 12.0. The Morgan fingerprint density at radius 1 is 0.909 bits per heavy atom. The van der Waals surface area contributed by atoms with E-state index in [2.05, 4.69) is 12.2 Å². The Balaban J connectivity index is 2.19. The molecular formula is C42H60N6O7. The molecule has 0 saturated heterocycles. The quantitative estimate of drug-likeness (QED) is 0.131. The van der Waals surface area contributed by atoms with Crippen molar-refractivity contribution < 1.29 is 33.4 Å². The second kappa shape index (κ2) is 23.3. The van der Waals surface area contributed by atoms with Crippen molar-refractivity contribution in [2.24, 2.45) is 29.0 Å². The number of Topliss-reactive ketones (excluding diaryl/α,β-unsaturated/α-hetero) is 3. The van der Waals surface area contributed by atoms with E-state index in [4.69, 9.17) is 31.9 Å². The molecule has 0 radical (unpaired) electrons. The van der Waals surface area contributed by atoms with Gasteiger partial charge < -0.3 is 36.9 Å². The summed E-state index contributed by atoms with van der Waals surface area (Å²) in [6, 6.07) is 10.5. The SMILES string of the molecule is CCCCCCCC(=O)C[C@@H](CCN)C(=O)N(C)[C@@H]1C(=O)C[C@@H](C)C(=O)N[C@H](C(=O)CCC#N)Cc2ccc(OCCN)c(c2)-c2cc1ccc2OCCN. The van der Waals surface area contributed by atoms with Gasteiger partial charge in [0.1, 0.15) is 36.5 Å². The molecule has 1 aliphatic heterocycles. The lowest BCUT2D eigenvalue weighted by atomic mass is 9.88. The molecule has 2 aromatic rings. The molecule has 0 saturated carbocycles. The van der Waals surface area contributed by atoms with Gasteiger partial charge in [0.25, 0.3) is 0 Å². The number of nitrogens with two attached hydrogens (primary N) is 3. The third-order valence-electron chi connectivity index (χ3n) is 9.92. The van der Waals surface area contributed by atoms with Crippen molar-refractivity contribution in [3.8, 4) is 28.7 Å². The Hall–Kier alpha value is -4.64. The number of ketones is 3. The Labute approximate surface area is 325 Å². The van der Waals surface area contributed by atoms with Crippen molar-refractivity contribution in [1.29, 1.82) is 5.26 Å². The third-order valence-corrected chi connectivity index (χ3v) is 9.92. The van der Waals surface area contributed by atoms with E-state index in [1.807, 2.05) is 12.1 Å². The molecule has 0 fully saturated rings. The van der Waals surface area contributed by atoms with Crippen LogP contribution in [0.25, 0.3) is 11.1 Å². The van der Waals surface area contributed by atoms with E-state index in [-0.39, 0.29) is 82.9 Å². The Morgan fingerprint density at radius 3 is 2.20 bits per heavy atom. The summed E-state index contributed by atoms with van der Waals surface area (Å²) >= 11 is 0. The molecule has 55 heavy (non-hydrogen) atoms. The third kappa shape index (κ3) is 13.3. The van der Waals surface area contributed by atoms with Crippen molar-refractivity contribution in [2.45, 2.75) is 103 Å². The zero-order valence-electron chi connectivity index (χ0n) is 32.8. The number of hydrogen-bond acceptors (Lipinski definition) is 11. The van der Waals surface area contributed by atoms with Gasteiger partial charge in [-0.1, -0.05) is 51.7 Å². The predicted octanol–water partition coefficient (Wildman–Crippen LogP) is 4.32. The number of likely N-dealkylation sites (N-methyl/N-ethyl adjacent to an activating group) is 1. The average molecular weight is 761 g/mol. The van der Waals surface area contributed by atoms with Crippen molar-refractivity contribution >= 4 is 29.2 Å². The highest BCUT2D eigenvalue weighted by molar-refractivity contribution is 5.96. The van der Waals surface area contributed by atoms with Gasteiger partial charge in [-0.05, 0) is 61.2 Å². The number of rotatable bonds is 21. The normalized spacial score (nSPS) is 17.7. The molecule has 0 aromatic heterocycles. The van der Waals surface area contributed by atoms with Crippen molar-refractivity contribution in [2.75, 3.05) is 39.9 Å². The molecular weight excluding hydrogens is 700 g/mol. The van der Waals surface area contributed by atoms with E-state index in [1.165, 1.54) is 11.9 Å². The molecule has 1 aliphatic rings. The molecule has 0 unspecified atom stereocenters. The predicted molar refractivity (Wildman–Crippen MR) is 211 cm³/mol. The van der Waals surface area contributed by atoms with Crippen LogP contribution >= 0.6 is 0 Å². The van der Waals surface area contributed by atoms with Crippen LogP contribution in [0, 0.1) is 23.2 Å². The zero-order valence-corrected chi connectivity index (χ0v) is 32.8. The van der Waals surface area contributed by atoms with Crippen LogP contribution in [-0.2, 0) is 30.4 Å². The molecule has 2 amide bonds. The van der Waals surface area contributed by atoms with Crippen LogP contribution in [0.3, 0.4) is 0 Å². The zero-order chi connectivity index (χ0) is 40.3. The summed E-state index contributed by atoms with van der Waals surface area (Å²) in [4.78, 5) is 70.3. The minimum absolute atomic E-state index is 0.0112. The van der Waals surface area contributed by atoms with E-state index in [0.717, 1.165) is 32.1 Å². The summed E-state index contributed by atoms with van der Waals surface area (Å²) in [6.45, 7) is 4.78. The molecule has 4 atom stereocenters. The van der Waals surface area contributed by atoms with Crippen LogP contribution in [-0.4, -0.2) is 80.0 Å². The largest absolute Gasteiger partial charge is 0.492 e. The first-order chi connectivity index (χ1) is 26.5. The van der Waals surface area contributed by atoms with Crippen LogP contribution in [0.1, 0.15) is 102 Å². The maximum atomic E-state index is 14.5. The maximum Gasteiger partial charge on any atom is 0.226 e. The minimum Gasteiger partial charge on any atom is -0.492 e. The smallest absolute Gasteiger partial charge is 0.226 e. The van der Waals surface area contributed by atoms with E-state index in [9.17, 15) is 24.0 Å². The minimum atomic E-state index is -1.15. The Kier molecular flexibility index (Phi) is 19.0. The molecule has 3 rings (SSSR count). The van der Waals surface area contributed by atoms with Crippen LogP contribution in [0.5, 0.6) is 11.5 Å². The molecule has 13 nitrogen and oxygen atoms in total. The van der Waals surface area contributed by atoms with Gasteiger partial charge in [0.2, 0.25) is 11.8 Å². The highest BCUT2D eigenvalue weighted by Crippen LogP contribution is 2.41. The van der Waals surface area contributed by atoms with Gasteiger partial charge in [-0.25, -0.2) is 0 Å². The number of ether oxygens (including phenoxy) is 2. The lowest BCUT2D eigenvalue weighted by molar-refractivity contribution is -0.143. The number of amides is 2. The summed E-state index contributed by atoms with van der Waals surface area (Å²) < 4.78 is 12.2. The Morgan fingerprint density at radius 2 is 1.56 bits per heavy atom. The van der Waals surface area contributed by atoms with E-state index in [1.54, 1.807) is 37.3 Å². The van der Waals surface area contributed by atoms with Gasteiger partial charge in [0.15, 0.2) is 11.6 Å².